The van der Waals surface area contributed by atoms with Gasteiger partial charge >= 0.3 is 0 Å². The van der Waals surface area contributed by atoms with Crippen LogP contribution < -0.4 is 5.32 Å². The minimum Gasteiger partial charge on any atom is -0.343 e. The van der Waals surface area contributed by atoms with Gasteiger partial charge in [0.05, 0.1) is 6.54 Å². The number of rotatable bonds is 3. The Bertz CT molecular complexity index is 549. The molecule has 0 aromatic heterocycles. The van der Waals surface area contributed by atoms with E-state index in [0.717, 1.165) is 30.5 Å². The number of nitrogens with one attached hydrogen (secondary N) is 1. The molecule has 0 fully saturated rings. The van der Waals surface area contributed by atoms with E-state index in [9.17, 15) is 9.59 Å². The Morgan fingerprint density at radius 3 is 2.58 bits per heavy atom. The largest absolute Gasteiger partial charge is 0.343 e. The number of nitrogens with zero attached hydrogens (tertiary/aromatic N) is 1. The van der Waals surface area contributed by atoms with Crippen LogP contribution in [0, 0.1) is 0 Å². The van der Waals surface area contributed by atoms with Gasteiger partial charge in [-0.05, 0) is 24.8 Å². The van der Waals surface area contributed by atoms with E-state index < -0.39 is 0 Å². The van der Waals surface area contributed by atoms with Gasteiger partial charge in [0.2, 0.25) is 11.8 Å². The summed E-state index contributed by atoms with van der Waals surface area (Å²) in [6, 6.07) is 10.1. The van der Waals surface area contributed by atoms with Gasteiger partial charge in [0, 0.05) is 17.8 Å². The molecule has 0 radical (unpaired) electrons. The maximum absolute atomic E-state index is 12.0. The molecule has 1 heterocycles. The molecule has 0 saturated carbocycles. The van der Waals surface area contributed by atoms with E-state index in [1.54, 1.807) is 4.90 Å². The van der Waals surface area contributed by atoms with Crippen LogP contribution in [0.25, 0.3) is 0 Å². The summed E-state index contributed by atoms with van der Waals surface area (Å²) in [5.41, 5.74) is 2.93. The quantitative estimate of drug-likeness (QED) is 0.884. The van der Waals surface area contributed by atoms with Gasteiger partial charge in [-0.3, -0.25) is 9.59 Å². The molecule has 0 bridgehead atoms. The normalized spacial score (nSPS) is 18.6. The van der Waals surface area contributed by atoms with Crippen molar-refractivity contribution in [1.82, 2.24) is 10.2 Å². The van der Waals surface area contributed by atoms with Crippen LogP contribution in [-0.2, 0) is 16.0 Å². The van der Waals surface area contributed by atoms with Crippen molar-refractivity contribution in [3.63, 3.8) is 0 Å². The van der Waals surface area contributed by atoms with Crippen LogP contribution in [0.5, 0.6) is 0 Å². The van der Waals surface area contributed by atoms with Crippen molar-refractivity contribution in [2.45, 2.75) is 19.3 Å². The lowest BCUT2D eigenvalue weighted by Crippen LogP contribution is -2.37. The molecule has 2 amide bonds. The highest BCUT2D eigenvalue weighted by Crippen LogP contribution is 2.32. The van der Waals surface area contributed by atoms with Crippen LogP contribution in [-0.4, -0.2) is 29.8 Å². The minimum atomic E-state index is -0.0724. The minimum absolute atomic E-state index is 0.00557. The van der Waals surface area contributed by atoms with Gasteiger partial charge in [-0.2, -0.15) is 0 Å². The Morgan fingerprint density at radius 2 is 1.89 bits per heavy atom. The van der Waals surface area contributed by atoms with Gasteiger partial charge < -0.3 is 10.2 Å². The van der Waals surface area contributed by atoms with Crippen molar-refractivity contribution in [3.8, 4) is 0 Å². The zero-order valence-electron chi connectivity index (χ0n) is 10.7. The monoisotopic (exact) mass is 256 g/mol. The summed E-state index contributed by atoms with van der Waals surface area (Å²) < 4.78 is 0. The third kappa shape index (κ3) is 2.26. The van der Waals surface area contributed by atoms with Gasteiger partial charge in [-0.1, -0.05) is 30.3 Å². The summed E-state index contributed by atoms with van der Waals surface area (Å²) in [5.74, 6) is -0.0780. The van der Waals surface area contributed by atoms with E-state index in [2.05, 4.69) is 17.4 Å². The maximum atomic E-state index is 12.0. The highest BCUT2D eigenvalue weighted by Gasteiger charge is 2.33. The van der Waals surface area contributed by atoms with Crippen molar-refractivity contribution in [3.05, 3.63) is 47.2 Å². The number of allylic oxidation sites excluding steroid dienone is 1. The lowest BCUT2D eigenvalue weighted by atomic mass is 9.92. The van der Waals surface area contributed by atoms with E-state index in [-0.39, 0.29) is 18.4 Å². The first-order valence-corrected chi connectivity index (χ1v) is 6.60. The molecular weight excluding hydrogens is 240 g/mol. The van der Waals surface area contributed by atoms with Crippen LogP contribution in [0.4, 0.5) is 0 Å². The fraction of sp³-hybridized carbons (Fsp3) is 0.333. The van der Waals surface area contributed by atoms with E-state index in [0.29, 0.717) is 6.54 Å². The molecule has 0 unspecified atom stereocenters. The second kappa shape index (κ2) is 4.88. The Morgan fingerprint density at radius 1 is 1.11 bits per heavy atom. The molecule has 4 nitrogen and oxygen atoms in total. The standard InChI is InChI=1S/C15H16N2O2/c18-14-10-16-15(19)12-6-7-13(12)17(14)9-8-11-4-2-1-3-5-11/h1-5H,6-10H2,(H,16,19). The molecule has 0 spiro atoms. The second-order valence-corrected chi connectivity index (χ2v) is 4.89. The third-order valence-electron chi connectivity index (χ3n) is 3.73. The first-order valence-electron chi connectivity index (χ1n) is 6.60. The first kappa shape index (κ1) is 12.0. The molecular formula is C15H16N2O2. The van der Waals surface area contributed by atoms with E-state index in [4.69, 9.17) is 0 Å². The molecule has 2 aliphatic rings. The maximum Gasteiger partial charge on any atom is 0.249 e. The number of carbonyl (C=O) groups excluding carboxylic acids is 2. The second-order valence-electron chi connectivity index (χ2n) is 4.89. The van der Waals surface area contributed by atoms with Crippen LogP contribution in [0.2, 0.25) is 0 Å². The van der Waals surface area contributed by atoms with Crippen LogP contribution in [0.15, 0.2) is 41.6 Å². The summed E-state index contributed by atoms with van der Waals surface area (Å²) in [6.45, 7) is 0.761. The topological polar surface area (TPSA) is 49.4 Å². The van der Waals surface area contributed by atoms with Gasteiger partial charge in [0.25, 0.3) is 0 Å². The van der Waals surface area contributed by atoms with Crippen molar-refractivity contribution in [1.29, 1.82) is 0 Å². The van der Waals surface area contributed by atoms with Crippen molar-refractivity contribution < 1.29 is 9.59 Å². The summed E-state index contributed by atoms with van der Waals surface area (Å²) >= 11 is 0. The first-order chi connectivity index (χ1) is 9.25. The molecule has 1 aromatic carbocycles. The average Bonchev–Trinajstić information content (AvgIpc) is 2.47. The summed E-state index contributed by atoms with van der Waals surface area (Å²) in [5, 5.41) is 2.67. The van der Waals surface area contributed by atoms with Gasteiger partial charge in [-0.15, -0.1) is 0 Å². The van der Waals surface area contributed by atoms with E-state index in [1.807, 2.05) is 18.2 Å². The van der Waals surface area contributed by atoms with Crippen LogP contribution in [0.1, 0.15) is 18.4 Å². The molecule has 1 aromatic rings. The summed E-state index contributed by atoms with van der Waals surface area (Å²) in [6.07, 6.45) is 2.44. The smallest absolute Gasteiger partial charge is 0.249 e. The van der Waals surface area contributed by atoms with Gasteiger partial charge in [0.1, 0.15) is 0 Å². The molecule has 4 heteroatoms. The van der Waals surface area contributed by atoms with Crippen LogP contribution in [0.3, 0.4) is 0 Å². The molecule has 1 aliphatic heterocycles. The zero-order chi connectivity index (χ0) is 13.2. The number of benzene rings is 1. The molecule has 1 aliphatic carbocycles. The number of hydrogen-bond acceptors (Lipinski definition) is 2. The Hall–Kier alpha value is -2.10. The third-order valence-corrected chi connectivity index (χ3v) is 3.73. The molecule has 19 heavy (non-hydrogen) atoms. The Kier molecular flexibility index (Phi) is 3.07. The lowest BCUT2D eigenvalue weighted by molar-refractivity contribution is -0.129. The number of amides is 2. The highest BCUT2D eigenvalue weighted by molar-refractivity contribution is 6.00. The Labute approximate surface area is 112 Å². The number of carbonyl (C=O) groups is 2. The van der Waals surface area contributed by atoms with E-state index in [1.165, 1.54) is 5.56 Å². The zero-order valence-corrected chi connectivity index (χ0v) is 10.7. The fourth-order valence-electron chi connectivity index (χ4n) is 2.56. The highest BCUT2D eigenvalue weighted by atomic mass is 16.2. The van der Waals surface area contributed by atoms with Crippen LogP contribution >= 0.6 is 0 Å². The summed E-state index contributed by atoms with van der Waals surface area (Å²) in [7, 11) is 0. The fourth-order valence-corrected chi connectivity index (χ4v) is 2.56. The molecule has 0 atom stereocenters. The molecule has 1 N–H and O–H groups in total. The van der Waals surface area contributed by atoms with Gasteiger partial charge in [0.15, 0.2) is 0 Å². The summed E-state index contributed by atoms with van der Waals surface area (Å²) in [4.78, 5) is 25.5. The lowest BCUT2D eigenvalue weighted by Gasteiger charge is -2.30. The van der Waals surface area contributed by atoms with E-state index >= 15 is 0 Å². The molecule has 0 saturated heterocycles. The number of hydrogen-bond donors (Lipinski definition) is 1. The van der Waals surface area contributed by atoms with Crippen molar-refractivity contribution in [2.75, 3.05) is 13.1 Å². The predicted molar refractivity (Wildman–Crippen MR) is 71.1 cm³/mol. The SMILES string of the molecule is O=C1NCC(=O)N(CCc2ccccc2)C2=C1CC2. The Balaban J connectivity index is 1.75. The van der Waals surface area contributed by atoms with Crippen molar-refractivity contribution >= 4 is 11.8 Å². The van der Waals surface area contributed by atoms with Crippen molar-refractivity contribution in [2.24, 2.45) is 0 Å². The van der Waals surface area contributed by atoms with Gasteiger partial charge in [-0.25, -0.2) is 0 Å². The molecule has 3 rings (SSSR count). The predicted octanol–water partition coefficient (Wildman–Crippen LogP) is 1.24. The average molecular weight is 256 g/mol. The molecule has 98 valence electrons.